The minimum absolute atomic E-state index is 0.0575. The molecule has 1 heterocycles. The average molecular weight is 198 g/mol. The Kier molecular flexibility index (Phi) is 3.22. The lowest BCUT2D eigenvalue weighted by atomic mass is 10.0. The Morgan fingerprint density at radius 1 is 1.71 bits per heavy atom. The third kappa shape index (κ3) is 2.32. The van der Waals surface area contributed by atoms with Gasteiger partial charge in [0.1, 0.15) is 0 Å². The van der Waals surface area contributed by atoms with Crippen LogP contribution >= 0.6 is 0 Å². The third-order valence-electron chi connectivity index (χ3n) is 1.76. The number of nitrogens with one attached hydrogen (secondary N) is 1. The maximum atomic E-state index is 11.0. The SMILES string of the molecule is COC(=O)[C@@H](Cc1cnc[nH]1)C(=O)O. The summed E-state index contributed by atoms with van der Waals surface area (Å²) in [4.78, 5) is 28.2. The molecule has 0 aromatic carbocycles. The van der Waals surface area contributed by atoms with Crippen molar-refractivity contribution in [3.8, 4) is 0 Å². The molecule has 76 valence electrons. The van der Waals surface area contributed by atoms with Crippen LogP contribution in [-0.4, -0.2) is 34.1 Å². The second kappa shape index (κ2) is 4.40. The topological polar surface area (TPSA) is 92.3 Å². The predicted octanol–water partition coefficient (Wildman–Crippen LogP) is -0.174. The van der Waals surface area contributed by atoms with Crippen LogP contribution in [0, 0.1) is 5.92 Å². The molecule has 0 amide bonds. The fraction of sp³-hybridized carbons (Fsp3) is 0.375. The Hall–Kier alpha value is -1.85. The molecular weight excluding hydrogens is 188 g/mol. The van der Waals surface area contributed by atoms with E-state index < -0.39 is 17.9 Å². The molecule has 1 aromatic rings. The number of ether oxygens (including phenoxy) is 1. The third-order valence-corrected chi connectivity index (χ3v) is 1.76. The summed E-state index contributed by atoms with van der Waals surface area (Å²) in [5.74, 6) is -3.14. The van der Waals surface area contributed by atoms with E-state index in [9.17, 15) is 9.59 Å². The number of imidazole rings is 1. The number of aromatic amines is 1. The summed E-state index contributed by atoms with van der Waals surface area (Å²) in [6.07, 6.45) is 2.95. The smallest absolute Gasteiger partial charge is 0.320 e. The highest BCUT2D eigenvalue weighted by molar-refractivity contribution is 5.94. The molecular formula is C8H10N2O4. The van der Waals surface area contributed by atoms with Gasteiger partial charge in [0.05, 0.1) is 13.4 Å². The van der Waals surface area contributed by atoms with Gasteiger partial charge in [0.2, 0.25) is 0 Å². The molecule has 0 spiro atoms. The van der Waals surface area contributed by atoms with Crippen LogP contribution in [0.4, 0.5) is 0 Å². The molecule has 0 unspecified atom stereocenters. The summed E-state index contributed by atoms with van der Waals surface area (Å²) >= 11 is 0. The van der Waals surface area contributed by atoms with Crippen molar-refractivity contribution < 1.29 is 19.4 Å². The molecule has 6 heteroatoms. The maximum absolute atomic E-state index is 11.0. The standard InChI is InChI=1S/C8H10N2O4/c1-14-8(13)6(7(11)12)2-5-3-9-4-10-5/h3-4,6H,2H2,1H3,(H,9,10)(H,11,12)/t6-/m0/s1. The predicted molar refractivity (Wildman–Crippen MR) is 45.4 cm³/mol. The van der Waals surface area contributed by atoms with Gasteiger partial charge in [-0.3, -0.25) is 9.59 Å². The zero-order chi connectivity index (χ0) is 10.6. The van der Waals surface area contributed by atoms with Gasteiger partial charge in [-0.1, -0.05) is 0 Å². The fourth-order valence-corrected chi connectivity index (χ4v) is 1.03. The van der Waals surface area contributed by atoms with E-state index in [1.165, 1.54) is 12.5 Å². The summed E-state index contributed by atoms with van der Waals surface area (Å²) in [5.41, 5.74) is 0.586. The van der Waals surface area contributed by atoms with Gasteiger partial charge < -0.3 is 14.8 Å². The number of aliphatic carboxylic acids is 1. The zero-order valence-electron chi connectivity index (χ0n) is 7.56. The fourth-order valence-electron chi connectivity index (χ4n) is 1.03. The molecule has 2 N–H and O–H groups in total. The summed E-state index contributed by atoms with van der Waals surface area (Å²) in [6.45, 7) is 0. The van der Waals surface area contributed by atoms with Crippen LogP contribution < -0.4 is 0 Å². The molecule has 1 atom stereocenters. The number of methoxy groups -OCH3 is 1. The average Bonchev–Trinajstić information content (AvgIpc) is 2.65. The van der Waals surface area contributed by atoms with Crippen molar-refractivity contribution in [1.82, 2.24) is 9.97 Å². The van der Waals surface area contributed by atoms with E-state index >= 15 is 0 Å². The maximum Gasteiger partial charge on any atom is 0.320 e. The Morgan fingerprint density at radius 2 is 2.43 bits per heavy atom. The molecule has 6 nitrogen and oxygen atoms in total. The number of hydrogen-bond acceptors (Lipinski definition) is 4. The van der Waals surface area contributed by atoms with E-state index in [1.54, 1.807) is 0 Å². The highest BCUT2D eigenvalue weighted by Gasteiger charge is 2.27. The van der Waals surface area contributed by atoms with Crippen LogP contribution in [0.1, 0.15) is 5.69 Å². The first-order chi connectivity index (χ1) is 6.65. The largest absolute Gasteiger partial charge is 0.481 e. The van der Waals surface area contributed by atoms with Crippen molar-refractivity contribution in [2.75, 3.05) is 7.11 Å². The molecule has 0 aliphatic heterocycles. The van der Waals surface area contributed by atoms with Crippen molar-refractivity contribution in [2.24, 2.45) is 5.92 Å². The number of rotatable bonds is 4. The summed E-state index contributed by atoms with van der Waals surface area (Å²) in [5, 5.41) is 8.74. The lowest BCUT2D eigenvalue weighted by molar-refractivity contribution is -0.156. The lowest BCUT2D eigenvalue weighted by Crippen LogP contribution is -2.27. The second-order valence-corrected chi connectivity index (χ2v) is 2.69. The van der Waals surface area contributed by atoms with E-state index in [0.29, 0.717) is 5.69 Å². The zero-order valence-corrected chi connectivity index (χ0v) is 7.56. The van der Waals surface area contributed by atoms with Crippen LogP contribution in [-0.2, 0) is 20.7 Å². The van der Waals surface area contributed by atoms with Gasteiger partial charge in [-0.2, -0.15) is 0 Å². The van der Waals surface area contributed by atoms with Gasteiger partial charge >= 0.3 is 11.9 Å². The van der Waals surface area contributed by atoms with E-state index in [0.717, 1.165) is 7.11 Å². The number of carboxylic acid groups (broad SMARTS) is 1. The second-order valence-electron chi connectivity index (χ2n) is 2.69. The molecule has 0 saturated heterocycles. The van der Waals surface area contributed by atoms with Crippen LogP contribution in [0.3, 0.4) is 0 Å². The minimum atomic E-state index is -1.20. The summed E-state index contributed by atoms with van der Waals surface area (Å²) in [7, 11) is 1.16. The van der Waals surface area contributed by atoms with Gasteiger partial charge in [0, 0.05) is 18.3 Å². The number of carboxylic acids is 1. The van der Waals surface area contributed by atoms with E-state index in [1.807, 2.05) is 0 Å². The Morgan fingerprint density at radius 3 is 2.86 bits per heavy atom. The van der Waals surface area contributed by atoms with Crippen LogP contribution in [0.5, 0.6) is 0 Å². The van der Waals surface area contributed by atoms with Crippen LogP contribution in [0.15, 0.2) is 12.5 Å². The Bertz CT molecular complexity index is 320. The monoisotopic (exact) mass is 198 g/mol. The molecule has 0 fully saturated rings. The van der Waals surface area contributed by atoms with E-state index in [-0.39, 0.29) is 6.42 Å². The minimum Gasteiger partial charge on any atom is -0.481 e. The highest BCUT2D eigenvalue weighted by Crippen LogP contribution is 2.07. The van der Waals surface area contributed by atoms with Gasteiger partial charge in [0.15, 0.2) is 5.92 Å². The number of aromatic nitrogens is 2. The molecule has 0 aliphatic rings. The number of H-pyrrole nitrogens is 1. The number of nitrogens with zero attached hydrogens (tertiary/aromatic N) is 1. The van der Waals surface area contributed by atoms with E-state index in [2.05, 4.69) is 14.7 Å². The number of carbonyl (C=O) groups is 2. The van der Waals surface area contributed by atoms with Crippen molar-refractivity contribution in [1.29, 1.82) is 0 Å². The van der Waals surface area contributed by atoms with Crippen LogP contribution in [0.2, 0.25) is 0 Å². The Labute approximate surface area is 79.9 Å². The highest BCUT2D eigenvalue weighted by atomic mass is 16.5. The van der Waals surface area contributed by atoms with Gasteiger partial charge in [-0.25, -0.2) is 4.98 Å². The number of esters is 1. The van der Waals surface area contributed by atoms with Crippen molar-refractivity contribution in [3.63, 3.8) is 0 Å². The first kappa shape index (κ1) is 10.2. The van der Waals surface area contributed by atoms with Crippen molar-refractivity contribution in [3.05, 3.63) is 18.2 Å². The van der Waals surface area contributed by atoms with Gasteiger partial charge in [-0.15, -0.1) is 0 Å². The lowest BCUT2D eigenvalue weighted by Gasteiger charge is -2.07. The van der Waals surface area contributed by atoms with Crippen LogP contribution in [0.25, 0.3) is 0 Å². The molecule has 1 aromatic heterocycles. The molecule has 0 aliphatic carbocycles. The number of hydrogen-bond donors (Lipinski definition) is 2. The van der Waals surface area contributed by atoms with E-state index in [4.69, 9.17) is 5.11 Å². The number of carbonyl (C=O) groups excluding carboxylic acids is 1. The summed E-state index contributed by atoms with van der Waals surface area (Å²) < 4.78 is 4.37. The molecule has 0 saturated carbocycles. The van der Waals surface area contributed by atoms with Gasteiger partial charge in [-0.05, 0) is 0 Å². The molecule has 1 rings (SSSR count). The quantitative estimate of drug-likeness (QED) is 0.517. The van der Waals surface area contributed by atoms with Crippen molar-refractivity contribution in [2.45, 2.75) is 6.42 Å². The van der Waals surface area contributed by atoms with Gasteiger partial charge in [0.25, 0.3) is 0 Å². The first-order valence-electron chi connectivity index (χ1n) is 3.93. The Balaban J connectivity index is 2.70. The molecule has 14 heavy (non-hydrogen) atoms. The van der Waals surface area contributed by atoms with Crippen molar-refractivity contribution >= 4 is 11.9 Å². The summed E-state index contributed by atoms with van der Waals surface area (Å²) in [6, 6.07) is 0. The molecule has 0 radical (unpaired) electrons. The first-order valence-corrected chi connectivity index (χ1v) is 3.93. The molecule has 0 bridgehead atoms. The normalized spacial score (nSPS) is 12.1.